The molecule has 0 saturated carbocycles. The van der Waals surface area contributed by atoms with Crippen LogP contribution in [0.3, 0.4) is 0 Å². The van der Waals surface area contributed by atoms with Gasteiger partial charge < -0.3 is 9.64 Å². The summed E-state index contributed by atoms with van der Waals surface area (Å²) in [5, 5.41) is 11.0. The standard InChI is InChI=1S/C19H20N2O5/c1-14(19(23)26-2)12-20(13-15-7-4-3-5-8-15)18(22)16-9-6-10-17(11-16)21(24)25/h3-11,14H,12-13H2,1-2H3. The number of carbonyl (C=O) groups excluding carboxylic acids is 2. The summed E-state index contributed by atoms with van der Waals surface area (Å²) in [4.78, 5) is 36.6. The summed E-state index contributed by atoms with van der Waals surface area (Å²) >= 11 is 0. The van der Waals surface area contributed by atoms with Crippen LogP contribution in [0, 0.1) is 16.0 Å². The van der Waals surface area contributed by atoms with Crippen LogP contribution in [0.1, 0.15) is 22.8 Å². The van der Waals surface area contributed by atoms with Gasteiger partial charge in [0, 0.05) is 30.8 Å². The molecular formula is C19H20N2O5. The molecule has 2 aromatic carbocycles. The van der Waals surface area contributed by atoms with Crippen LogP contribution in [-0.2, 0) is 16.1 Å². The van der Waals surface area contributed by atoms with Crippen LogP contribution in [-0.4, -0.2) is 35.4 Å². The van der Waals surface area contributed by atoms with E-state index in [1.807, 2.05) is 30.3 Å². The van der Waals surface area contributed by atoms with Gasteiger partial charge in [0.05, 0.1) is 18.0 Å². The third-order valence-corrected chi connectivity index (χ3v) is 3.91. The van der Waals surface area contributed by atoms with Crippen molar-refractivity contribution < 1.29 is 19.2 Å². The van der Waals surface area contributed by atoms with Crippen molar-refractivity contribution in [2.24, 2.45) is 5.92 Å². The van der Waals surface area contributed by atoms with Gasteiger partial charge in [-0.15, -0.1) is 0 Å². The monoisotopic (exact) mass is 356 g/mol. The molecule has 0 saturated heterocycles. The molecule has 7 heteroatoms. The van der Waals surface area contributed by atoms with Crippen LogP contribution in [0.5, 0.6) is 0 Å². The largest absolute Gasteiger partial charge is 0.469 e. The number of non-ortho nitro benzene ring substituents is 1. The number of nitro benzene ring substituents is 1. The normalized spacial score (nSPS) is 11.5. The fourth-order valence-electron chi connectivity index (χ4n) is 2.56. The summed E-state index contributed by atoms with van der Waals surface area (Å²) in [6.07, 6.45) is 0. The fraction of sp³-hybridized carbons (Fsp3) is 0.263. The summed E-state index contributed by atoms with van der Waals surface area (Å²) in [6.45, 7) is 2.09. The van der Waals surface area contributed by atoms with Crippen LogP contribution < -0.4 is 0 Å². The highest BCUT2D eigenvalue weighted by Gasteiger charge is 2.23. The Hall–Kier alpha value is -3.22. The molecule has 136 valence electrons. The Bertz CT molecular complexity index is 792. The van der Waals surface area contributed by atoms with Gasteiger partial charge in [0.15, 0.2) is 0 Å². The molecule has 0 fully saturated rings. The molecule has 26 heavy (non-hydrogen) atoms. The topological polar surface area (TPSA) is 89.8 Å². The molecule has 7 nitrogen and oxygen atoms in total. The molecule has 0 spiro atoms. The number of nitro groups is 1. The molecule has 2 rings (SSSR count). The van der Waals surface area contributed by atoms with Crippen molar-refractivity contribution >= 4 is 17.6 Å². The van der Waals surface area contributed by atoms with Gasteiger partial charge in [0.1, 0.15) is 0 Å². The third kappa shape index (κ3) is 4.89. The maximum atomic E-state index is 12.9. The Labute approximate surface area is 151 Å². The number of hydrogen-bond acceptors (Lipinski definition) is 5. The smallest absolute Gasteiger partial charge is 0.310 e. The average Bonchev–Trinajstić information content (AvgIpc) is 2.67. The van der Waals surface area contributed by atoms with E-state index in [1.54, 1.807) is 6.92 Å². The van der Waals surface area contributed by atoms with E-state index in [9.17, 15) is 19.7 Å². The van der Waals surface area contributed by atoms with E-state index in [2.05, 4.69) is 0 Å². The first-order valence-electron chi connectivity index (χ1n) is 8.08. The Kier molecular flexibility index (Phi) is 6.43. The van der Waals surface area contributed by atoms with Crippen molar-refractivity contribution in [1.82, 2.24) is 4.90 Å². The molecule has 0 aliphatic rings. The molecule has 2 aromatic rings. The van der Waals surface area contributed by atoms with E-state index in [0.29, 0.717) is 0 Å². The molecule has 0 aliphatic carbocycles. The lowest BCUT2D eigenvalue weighted by Crippen LogP contribution is -2.36. The first-order chi connectivity index (χ1) is 12.4. The number of amides is 1. The first-order valence-corrected chi connectivity index (χ1v) is 8.08. The van der Waals surface area contributed by atoms with Crippen molar-refractivity contribution in [1.29, 1.82) is 0 Å². The summed E-state index contributed by atoms with van der Waals surface area (Å²) in [5.41, 5.74) is 0.937. The highest BCUT2D eigenvalue weighted by Crippen LogP contribution is 2.17. The molecule has 0 bridgehead atoms. The Balaban J connectivity index is 2.29. The Morgan fingerprint density at radius 3 is 2.46 bits per heavy atom. The van der Waals surface area contributed by atoms with Crippen LogP contribution in [0.25, 0.3) is 0 Å². The zero-order valence-corrected chi connectivity index (χ0v) is 14.6. The van der Waals surface area contributed by atoms with Gasteiger partial charge in [-0.1, -0.05) is 43.3 Å². The highest BCUT2D eigenvalue weighted by atomic mass is 16.6. The van der Waals surface area contributed by atoms with Crippen LogP contribution >= 0.6 is 0 Å². The summed E-state index contributed by atoms with van der Waals surface area (Å²) in [5.74, 6) is -1.32. The van der Waals surface area contributed by atoms with Gasteiger partial charge in [-0.05, 0) is 11.6 Å². The second-order valence-electron chi connectivity index (χ2n) is 5.90. The quantitative estimate of drug-likeness (QED) is 0.432. The van der Waals surface area contributed by atoms with E-state index in [1.165, 1.54) is 36.3 Å². The number of esters is 1. The lowest BCUT2D eigenvalue weighted by atomic mass is 10.1. The highest BCUT2D eigenvalue weighted by molar-refractivity contribution is 5.95. The average molecular weight is 356 g/mol. The number of hydrogen-bond donors (Lipinski definition) is 0. The van der Waals surface area contributed by atoms with Gasteiger partial charge in [-0.2, -0.15) is 0 Å². The van der Waals surface area contributed by atoms with E-state index in [-0.39, 0.29) is 30.2 Å². The summed E-state index contributed by atoms with van der Waals surface area (Å²) < 4.78 is 4.73. The van der Waals surface area contributed by atoms with Gasteiger partial charge in [0.2, 0.25) is 0 Å². The number of rotatable bonds is 7. The fourth-order valence-corrected chi connectivity index (χ4v) is 2.56. The molecular weight excluding hydrogens is 336 g/mol. The minimum atomic E-state index is -0.546. The predicted octanol–water partition coefficient (Wildman–Crippen LogP) is 3.05. The first kappa shape index (κ1) is 19.1. The lowest BCUT2D eigenvalue weighted by molar-refractivity contribution is -0.384. The SMILES string of the molecule is COC(=O)C(C)CN(Cc1ccccc1)C(=O)c1cccc([N+](=O)[O-])c1. The molecule has 1 atom stereocenters. The van der Waals surface area contributed by atoms with Crippen molar-refractivity contribution in [3.63, 3.8) is 0 Å². The number of benzene rings is 2. The second kappa shape index (κ2) is 8.75. The molecule has 0 aliphatic heterocycles. The predicted molar refractivity (Wildman–Crippen MR) is 95.5 cm³/mol. The second-order valence-corrected chi connectivity index (χ2v) is 5.90. The zero-order valence-electron chi connectivity index (χ0n) is 14.6. The van der Waals surface area contributed by atoms with E-state index >= 15 is 0 Å². The number of methoxy groups -OCH3 is 1. The third-order valence-electron chi connectivity index (χ3n) is 3.91. The van der Waals surface area contributed by atoms with Crippen LogP contribution in [0.4, 0.5) is 5.69 Å². The maximum Gasteiger partial charge on any atom is 0.310 e. The number of nitrogens with zero attached hydrogens (tertiary/aromatic N) is 2. The summed E-state index contributed by atoms with van der Waals surface area (Å²) in [7, 11) is 1.29. The van der Waals surface area contributed by atoms with Crippen molar-refractivity contribution in [2.45, 2.75) is 13.5 Å². The lowest BCUT2D eigenvalue weighted by Gasteiger charge is -2.25. The van der Waals surface area contributed by atoms with E-state index in [4.69, 9.17) is 4.74 Å². The molecule has 0 radical (unpaired) electrons. The van der Waals surface area contributed by atoms with Gasteiger partial charge >= 0.3 is 5.97 Å². The van der Waals surface area contributed by atoms with Crippen molar-refractivity contribution in [3.05, 3.63) is 75.8 Å². The number of ether oxygens (including phenoxy) is 1. The van der Waals surface area contributed by atoms with Crippen molar-refractivity contribution in [2.75, 3.05) is 13.7 Å². The molecule has 0 aromatic heterocycles. The minimum Gasteiger partial charge on any atom is -0.469 e. The molecule has 0 N–H and O–H groups in total. The Morgan fingerprint density at radius 1 is 1.15 bits per heavy atom. The maximum absolute atomic E-state index is 12.9. The molecule has 1 amide bonds. The van der Waals surface area contributed by atoms with E-state index in [0.717, 1.165) is 5.56 Å². The van der Waals surface area contributed by atoms with Crippen molar-refractivity contribution in [3.8, 4) is 0 Å². The zero-order chi connectivity index (χ0) is 19.1. The van der Waals surface area contributed by atoms with E-state index < -0.39 is 16.8 Å². The van der Waals surface area contributed by atoms with Gasteiger partial charge in [-0.25, -0.2) is 0 Å². The Morgan fingerprint density at radius 2 is 1.85 bits per heavy atom. The van der Waals surface area contributed by atoms with Crippen LogP contribution in [0.2, 0.25) is 0 Å². The number of carbonyl (C=O) groups is 2. The van der Waals surface area contributed by atoms with Gasteiger partial charge in [-0.3, -0.25) is 19.7 Å². The van der Waals surface area contributed by atoms with Crippen LogP contribution in [0.15, 0.2) is 54.6 Å². The summed E-state index contributed by atoms with van der Waals surface area (Å²) in [6, 6.07) is 14.9. The molecule has 1 unspecified atom stereocenters. The molecule has 0 heterocycles. The van der Waals surface area contributed by atoms with Gasteiger partial charge in [0.25, 0.3) is 11.6 Å². The minimum absolute atomic E-state index is 0.142.